The maximum absolute atomic E-state index is 5.63. The van der Waals surface area contributed by atoms with Crippen LogP contribution in [-0.2, 0) is 6.42 Å². The molecule has 18 heavy (non-hydrogen) atoms. The first kappa shape index (κ1) is 11.6. The van der Waals surface area contributed by atoms with Crippen LogP contribution in [0.4, 0.5) is 0 Å². The van der Waals surface area contributed by atoms with Crippen molar-refractivity contribution in [2.75, 3.05) is 13.7 Å². The maximum Gasteiger partial charge on any atom is 0.128 e. The number of ether oxygens (including phenoxy) is 1. The molecule has 96 valence electrons. The lowest BCUT2D eigenvalue weighted by Gasteiger charge is -2.09. The number of aromatic nitrogens is 1. The van der Waals surface area contributed by atoms with E-state index < -0.39 is 0 Å². The quantitative estimate of drug-likeness (QED) is 0.878. The molecule has 1 fully saturated rings. The molecule has 0 aliphatic heterocycles. The van der Waals surface area contributed by atoms with Crippen molar-refractivity contribution in [3.63, 3.8) is 0 Å². The highest BCUT2D eigenvalue weighted by molar-refractivity contribution is 5.87. The molecule has 3 rings (SSSR count). The number of hydrogen-bond acceptors (Lipinski definition) is 2. The number of nitrogens with two attached hydrogens (primary N) is 1. The predicted molar refractivity (Wildman–Crippen MR) is 74.1 cm³/mol. The van der Waals surface area contributed by atoms with Gasteiger partial charge in [0.2, 0.25) is 0 Å². The number of fused-ring (bicyclic) bond motifs is 1. The SMILES string of the molecule is COc1cccc2c1cc(CCCN)n2C1CC1. The van der Waals surface area contributed by atoms with Gasteiger partial charge in [-0.1, -0.05) is 6.07 Å². The minimum absolute atomic E-state index is 0.697. The van der Waals surface area contributed by atoms with Gasteiger partial charge in [-0.25, -0.2) is 0 Å². The monoisotopic (exact) mass is 244 g/mol. The summed E-state index contributed by atoms with van der Waals surface area (Å²) in [5.74, 6) is 0.973. The summed E-state index contributed by atoms with van der Waals surface area (Å²) >= 11 is 0. The van der Waals surface area contributed by atoms with Gasteiger partial charge in [-0.15, -0.1) is 0 Å². The summed E-state index contributed by atoms with van der Waals surface area (Å²) in [5.41, 5.74) is 8.35. The van der Waals surface area contributed by atoms with Gasteiger partial charge >= 0.3 is 0 Å². The average molecular weight is 244 g/mol. The van der Waals surface area contributed by atoms with Gasteiger partial charge in [-0.3, -0.25) is 0 Å². The summed E-state index contributed by atoms with van der Waals surface area (Å²) < 4.78 is 7.96. The largest absolute Gasteiger partial charge is 0.496 e. The summed E-state index contributed by atoms with van der Waals surface area (Å²) in [6.45, 7) is 0.753. The van der Waals surface area contributed by atoms with Crippen molar-refractivity contribution in [2.45, 2.75) is 31.7 Å². The van der Waals surface area contributed by atoms with Crippen LogP contribution >= 0.6 is 0 Å². The molecule has 0 saturated heterocycles. The van der Waals surface area contributed by atoms with Crippen molar-refractivity contribution in [2.24, 2.45) is 5.73 Å². The molecular formula is C15H20N2O. The molecule has 1 aromatic carbocycles. The molecule has 1 aliphatic carbocycles. The summed E-state index contributed by atoms with van der Waals surface area (Å²) in [4.78, 5) is 0. The second-order valence-corrected chi connectivity index (χ2v) is 5.02. The van der Waals surface area contributed by atoms with Gasteiger partial charge < -0.3 is 15.0 Å². The van der Waals surface area contributed by atoms with Gasteiger partial charge in [0.1, 0.15) is 5.75 Å². The number of aryl methyl sites for hydroxylation is 1. The molecular weight excluding hydrogens is 224 g/mol. The standard InChI is InChI=1S/C15H20N2O/c1-18-15-6-2-5-14-13(15)10-12(4-3-9-16)17(14)11-7-8-11/h2,5-6,10-11H,3-4,7-9,16H2,1H3. The zero-order valence-corrected chi connectivity index (χ0v) is 10.9. The van der Waals surface area contributed by atoms with E-state index in [-0.39, 0.29) is 0 Å². The number of nitrogens with zero attached hydrogens (tertiary/aromatic N) is 1. The Morgan fingerprint density at radius 3 is 2.89 bits per heavy atom. The first-order valence-corrected chi connectivity index (χ1v) is 6.72. The molecule has 3 nitrogen and oxygen atoms in total. The molecule has 1 aromatic heterocycles. The number of benzene rings is 1. The molecule has 0 amide bonds. The smallest absolute Gasteiger partial charge is 0.128 e. The molecule has 0 radical (unpaired) electrons. The van der Waals surface area contributed by atoms with E-state index in [1.165, 1.54) is 29.4 Å². The average Bonchev–Trinajstić information content (AvgIpc) is 3.16. The third-order valence-electron chi connectivity index (χ3n) is 3.69. The van der Waals surface area contributed by atoms with Gasteiger partial charge in [0.05, 0.1) is 12.6 Å². The van der Waals surface area contributed by atoms with E-state index >= 15 is 0 Å². The van der Waals surface area contributed by atoms with Gasteiger partial charge in [0.25, 0.3) is 0 Å². The van der Waals surface area contributed by atoms with Crippen LogP contribution in [0.1, 0.15) is 31.0 Å². The third-order valence-corrected chi connectivity index (χ3v) is 3.69. The normalized spacial score (nSPS) is 15.2. The summed E-state index contributed by atoms with van der Waals surface area (Å²) in [7, 11) is 1.74. The van der Waals surface area contributed by atoms with E-state index in [1.54, 1.807) is 7.11 Å². The van der Waals surface area contributed by atoms with Crippen LogP contribution in [0.15, 0.2) is 24.3 Å². The Kier molecular flexibility index (Phi) is 3.00. The molecule has 2 N–H and O–H groups in total. The van der Waals surface area contributed by atoms with Crippen molar-refractivity contribution < 1.29 is 4.74 Å². The van der Waals surface area contributed by atoms with Crippen LogP contribution in [0.5, 0.6) is 5.75 Å². The Bertz CT molecular complexity index is 555. The Labute approximate surface area is 108 Å². The number of hydrogen-bond donors (Lipinski definition) is 1. The van der Waals surface area contributed by atoms with Gasteiger partial charge in [0, 0.05) is 17.1 Å². The second kappa shape index (κ2) is 4.65. The minimum Gasteiger partial charge on any atom is -0.496 e. The zero-order chi connectivity index (χ0) is 12.5. The first-order valence-electron chi connectivity index (χ1n) is 6.72. The number of methoxy groups -OCH3 is 1. The molecule has 0 spiro atoms. The highest BCUT2D eigenvalue weighted by Crippen LogP contribution is 2.41. The highest BCUT2D eigenvalue weighted by atomic mass is 16.5. The van der Waals surface area contributed by atoms with Crippen molar-refractivity contribution in [3.05, 3.63) is 30.0 Å². The number of rotatable bonds is 5. The van der Waals surface area contributed by atoms with E-state index in [0.717, 1.165) is 25.1 Å². The first-order chi connectivity index (χ1) is 8.85. The van der Waals surface area contributed by atoms with Crippen molar-refractivity contribution in [1.82, 2.24) is 4.57 Å². The van der Waals surface area contributed by atoms with Crippen LogP contribution < -0.4 is 10.5 Å². The van der Waals surface area contributed by atoms with Crippen molar-refractivity contribution >= 4 is 10.9 Å². The fraction of sp³-hybridized carbons (Fsp3) is 0.467. The third kappa shape index (κ3) is 1.89. The Hall–Kier alpha value is -1.48. The van der Waals surface area contributed by atoms with Crippen LogP contribution in [-0.4, -0.2) is 18.2 Å². The Balaban J connectivity index is 2.12. The van der Waals surface area contributed by atoms with E-state index in [0.29, 0.717) is 6.04 Å². The van der Waals surface area contributed by atoms with E-state index in [9.17, 15) is 0 Å². The summed E-state index contributed by atoms with van der Waals surface area (Å²) in [6, 6.07) is 9.28. The fourth-order valence-electron chi connectivity index (χ4n) is 2.70. The maximum atomic E-state index is 5.63. The Morgan fingerprint density at radius 2 is 2.22 bits per heavy atom. The minimum atomic E-state index is 0.697. The topological polar surface area (TPSA) is 40.2 Å². The lowest BCUT2D eigenvalue weighted by molar-refractivity contribution is 0.420. The molecule has 0 atom stereocenters. The van der Waals surface area contributed by atoms with Crippen LogP contribution in [0.25, 0.3) is 10.9 Å². The zero-order valence-electron chi connectivity index (χ0n) is 10.9. The van der Waals surface area contributed by atoms with E-state index in [4.69, 9.17) is 10.5 Å². The second-order valence-electron chi connectivity index (χ2n) is 5.02. The molecule has 1 saturated carbocycles. The molecule has 1 aliphatic rings. The lowest BCUT2D eigenvalue weighted by Crippen LogP contribution is -2.05. The molecule has 0 bridgehead atoms. The molecule has 1 heterocycles. The predicted octanol–water partition coefficient (Wildman–Crippen LogP) is 2.88. The highest BCUT2D eigenvalue weighted by Gasteiger charge is 2.27. The molecule has 0 unspecified atom stereocenters. The molecule has 3 heteroatoms. The van der Waals surface area contributed by atoms with Gasteiger partial charge in [0.15, 0.2) is 0 Å². The summed E-state index contributed by atoms with van der Waals surface area (Å²) in [6.07, 6.45) is 4.71. The van der Waals surface area contributed by atoms with Crippen molar-refractivity contribution in [1.29, 1.82) is 0 Å². The van der Waals surface area contributed by atoms with Crippen molar-refractivity contribution in [3.8, 4) is 5.75 Å². The lowest BCUT2D eigenvalue weighted by atomic mass is 10.2. The fourth-order valence-corrected chi connectivity index (χ4v) is 2.70. The molecule has 2 aromatic rings. The van der Waals surface area contributed by atoms with E-state index in [2.05, 4.69) is 22.8 Å². The van der Waals surface area contributed by atoms with Gasteiger partial charge in [-0.05, 0) is 50.4 Å². The summed E-state index contributed by atoms with van der Waals surface area (Å²) in [5, 5.41) is 1.24. The van der Waals surface area contributed by atoms with Gasteiger partial charge in [-0.2, -0.15) is 0 Å². The Morgan fingerprint density at radius 1 is 1.39 bits per heavy atom. The van der Waals surface area contributed by atoms with E-state index in [1.807, 2.05) is 6.07 Å². The van der Waals surface area contributed by atoms with Crippen LogP contribution in [0.2, 0.25) is 0 Å². The van der Waals surface area contributed by atoms with Crippen LogP contribution in [0.3, 0.4) is 0 Å². The van der Waals surface area contributed by atoms with Crippen LogP contribution in [0, 0.1) is 0 Å².